The Morgan fingerprint density at radius 3 is 2.62 bits per heavy atom. The molecule has 0 unspecified atom stereocenters. The Morgan fingerprint density at radius 1 is 1.25 bits per heavy atom. The minimum atomic E-state index is -0.175. The smallest absolute Gasteiger partial charge is 0.274 e. The molecule has 0 saturated carbocycles. The number of rotatable bonds is 4. The van der Waals surface area contributed by atoms with Gasteiger partial charge in [0.25, 0.3) is 5.91 Å². The first-order valence-corrected chi connectivity index (χ1v) is 8.04. The minimum Gasteiger partial charge on any atom is -0.336 e. The Bertz CT molecular complexity index is 742. The van der Waals surface area contributed by atoms with Gasteiger partial charge in [0, 0.05) is 37.7 Å². The summed E-state index contributed by atoms with van der Waals surface area (Å²) in [5.74, 6) is -0.272. The Balaban J connectivity index is 1.66. The number of aryl methyl sites for hydroxylation is 1. The van der Waals surface area contributed by atoms with E-state index in [1.807, 2.05) is 38.1 Å². The summed E-state index contributed by atoms with van der Waals surface area (Å²) in [6, 6.07) is 7.85. The van der Waals surface area contributed by atoms with Crippen molar-refractivity contribution in [2.45, 2.75) is 13.8 Å². The van der Waals surface area contributed by atoms with Crippen LogP contribution < -0.4 is 4.90 Å². The lowest BCUT2D eigenvalue weighted by atomic mass is 9.97. The molecule has 2 heterocycles. The molecule has 0 aliphatic carbocycles. The van der Waals surface area contributed by atoms with Gasteiger partial charge in [-0.25, -0.2) is 4.98 Å². The van der Waals surface area contributed by atoms with E-state index in [0.29, 0.717) is 25.3 Å². The number of para-hydroxylation sites is 1. The van der Waals surface area contributed by atoms with Crippen molar-refractivity contribution in [2.24, 2.45) is 5.92 Å². The standard InChI is InChI=1S/C18H20N4O2/c1-3-22(16-7-5-4-6-13(16)2)17(23)14-11-21(12-14)18(24)15-10-19-8-9-20-15/h4-10,14H,3,11-12H2,1-2H3. The zero-order valence-corrected chi connectivity index (χ0v) is 13.8. The number of likely N-dealkylation sites (tertiary alicyclic amines) is 1. The maximum Gasteiger partial charge on any atom is 0.274 e. The van der Waals surface area contributed by atoms with Gasteiger partial charge in [0.15, 0.2) is 0 Å². The Hall–Kier alpha value is -2.76. The van der Waals surface area contributed by atoms with Gasteiger partial charge in [0.05, 0.1) is 12.1 Å². The van der Waals surface area contributed by atoms with E-state index in [1.54, 1.807) is 9.80 Å². The second-order valence-electron chi connectivity index (χ2n) is 5.87. The molecule has 0 N–H and O–H groups in total. The quantitative estimate of drug-likeness (QED) is 0.862. The summed E-state index contributed by atoms with van der Waals surface area (Å²) in [6.45, 7) is 5.42. The predicted molar refractivity (Wildman–Crippen MR) is 90.6 cm³/mol. The lowest BCUT2D eigenvalue weighted by Gasteiger charge is -2.40. The zero-order valence-electron chi connectivity index (χ0n) is 13.8. The summed E-state index contributed by atoms with van der Waals surface area (Å²) in [7, 11) is 0. The number of anilines is 1. The molecule has 0 bridgehead atoms. The normalized spacial score (nSPS) is 14.2. The maximum absolute atomic E-state index is 12.8. The van der Waals surface area contributed by atoms with E-state index in [1.165, 1.54) is 18.6 Å². The van der Waals surface area contributed by atoms with Crippen molar-refractivity contribution in [3.8, 4) is 0 Å². The van der Waals surface area contributed by atoms with Gasteiger partial charge >= 0.3 is 0 Å². The third-order valence-electron chi connectivity index (χ3n) is 4.29. The molecule has 124 valence electrons. The molecule has 0 atom stereocenters. The number of aromatic nitrogens is 2. The van der Waals surface area contributed by atoms with Crippen molar-refractivity contribution >= 4 is 17.5 Å². The van der Waals surface area contributed by atoms with Gasteiger partial charge in [-0.1, -0.05) is 18.2 Å². The monoisotopic (exact) mass is 324 g/mol. The first-order valence-electron chi connectivity index (χ1n) is 8.04. The summed E-state index contributed by atoms with van der Waals surface area (Å²) in [4.78, 5) is 36.4. The fourth-order valence-corrected chi connectivity index (χ4v) is 2.90. The highest BCUT2D eigenvalue weighted by Gasteiger charge is 2.38. The van der Waals surface area contributed by atoms with Crippen LogP contribution in [0.25, 0.3) is 0 Å². The van der Waals surface area contributed by atoms with Crippen LogP contribution in [-0.4, -0.2) is 46.3 Å². The molecule has 1 aliphatic heterocycles. The molecular weight excluding hydrogens is 304 g/mol. The minimum absolute atomic E-state index is 0.0648. The number of carbonyl (C=O) groups excluding carboxylic acids is 2. The van der Waals surface area contributed by atoms with E-state index < -0.39 is 0 Å². The van der Waals surface area contributed by atoms with Crippen LogP contribution in [0.2, 0.25) is 0 Å². The van der Waals surface area contributed by atoms with Crippen molar-refractivity contribution in [2.75, 3.05) is 24.5 Å². The van der Waals surface area contributed by atoms with Crippen LogP contribution in [-0.2, 0) is 4.79 Å². The van der Waals surface area contributed by atoms with Gasteiger partial charge in [0.2, 0.25) is 5.91 Å². The molecule has 1 aromatic heterocycles. The molecule has 1 saturated heterocycles. The van der Waals surface area contributed by atoms with Crippen molar-refractivity contribution in [3.05, 3.63) is 54.1 Å². The summed E-state index contributed by atoms with van der Waals surface area (Å²) in [5.41, 5.74) is 2.32. The average Bonchev–Trinajstić information content (AvgIpc) is 2.56. The zero-order chi connectivity index (χ0) is 17.1. The Labute approximate surface area is 141 Å². The second kappa shape index (κ2) is 6.78. The molecule has 24 heavy (non-hydrogen) atoms. The van der Waals surface area contributed by atoms with Gasteiger partial charge in [-0.15, -0.1) is 0 Å². The summed E-state index contributed by atoms with van der Waals surface area (Å²) >= 11 is 0. The number of hydrogen-bond acceptors (Lipinski definition) is 4. The van der Waals surface area contributed by atoms with E-state index in [9.17, 15) is 9.59 Å². The van der Waals surface area contributed by atoms with Crippen LogP contribution in [0, 0.1) is 12.8 Å². The predicted octanol–water partition coefficient (Wildman–Crippen LogP) is 1.91. The SMILES string of the molecule is CCN(C(=O)C1CN(C(=O)c2cnccn2)C1)c1ccccc1C. The van der Waals surface area contributed by atoms with Gasteiger partial charge in [-0.05, 0) is 25.5 Å². The number of nitrogens with zero attached hydrogens (tertiary/aromatic N) is 4. The van der Waals surface area contributed by atoms with Gasteiger partial charge in [-0.3, -0.25) is 14.6 Å². The van der Waals surface area contributed by atoms with Crippen molar-refractivity contribution in [1.29, 1.82) is 0 Å². The highest BCUT2D eigenvalue weighted by atomic mass is 16.2. The molecule has 1 fully saturated rings. The molecule has 0 radical (unpaired) electrons. The molecule has 6 heteroatoms. The van der Waals surface area contributed by atoms with Crippen LogP contribution in [0.4, 0.5) is 5.69 Å². The highest BCUT2D eigenvalue weighted by Crippen LogP contribution is 2.25. The van der Waals surface area contributed by atoms with Gasteiger partial charge in [0.1, 0.15) is 5.69 Å². The van der Waals surface area contributed by atoms with Crippen molar-refractivity contribution < 1.29 is 9.59 Å². The van der Waals surface area contributed by atoms with E-state index in [2.05, 4.69) is 9.97 Å². The lowest BCUT2D eigenvalue weighted by Crippen LogP contribution is -2.56. The summed E-state index contributed by atoms with van der Waals surface area (Å²) in [5, 5.41) is 0. The van der Waals surface area contributed by atoms with Crippen LogP contribution in [0.3, 0.4) is 0 Å². The largest absolute Gasteiger partial charge is 0.336 e. The van der Waals surface area contributed by atoms with Crippen LogP contribution in [0.15, 0.2) is 42.9 Å². The number of benzene rings is 1. The molecular formula is C18H20N4O2. The van der Waals surface area contributed by atoms with E-state index >= 15 is 0 Å². The topological polar surface area (TPSA) is 66.4 Å². The lowest BCUT2D eigenvalue weighted by molar-refractivity contribution is -0.126. The van der Waals surface area contributed by atoms with Crippen molar-refractivity contribution in [1.82, 2.24) is 14.9 Å². The number of amides is 2. The molecule has 1 aromatic carbocycles. The number of carbonyl (C=O) groups is 2. The Morgan fingerprint density at radius 2 is 2.00 bits per heavy atom. The van der Waals surface area contributed by atoms with E-state index in [0.717, 1.165) is 11.3 Å². The molecule has 2 aromatic rings. The molecule has 2 amide bonds. The molecule has 1 aliphatic rings. The third-order valence-corrected chi connectivity index (χ3v) is 4.29. The molecule has 0 spiro atoms. The third kappa shape index (κ3) is 2.99. The average molecular weight is 324 g/mol. The van der Waals surface area contributed by atoms with Crippen molar-refractivity contribution in [3.63, 3.8) is 0 Å². The number of hydrogen-bond donors (Lipinski definition) is 0. The highest BCUT2D eigenvalue weighted by molar-refractivity contribution is 5.99. The first kappa shape index (κ1) is 16.1. The van der Waals surface area contributed by atoms with Crippen LogP contribution >= 0.6 is 0 Å². The first-order chi connectivity index (χ1) is 11.6. The Kier molecular flexibility index (Phi) is 4.55. The fourth-order valence-electron chi connectivity index (χ4n) is 2.90. The van der Waals surface area contributed by atoms with E-state index in [-0.39, 0.29) is 17.7 Å². The van der Waals surface area contributed by atoms with Crippen LogP contribution in [0.5, 0.6) is 0 Å². The van der Waals surface area contributed by atoms with Crippen LogP contribution in [0.1, 0.15) is 23.0 Å². The van der Waals surface area contributed by atoms with E-state index in [4.69, 9.17) is 0 Å². The fraction of sp³-hybridized carbons (Fsp3) is 0.333. The van der Waals surface area contributed by atoms with Gasteiger partial charge in [-0.2, -0.15) is 0 Å². The molecule has 6 nitrogen and oxygen atoms in total. The molecule has 3 rings (SSSR count). The summed E-state index contributed by atoms with van der Waals surface area (Å²) < 4.78 is 0. The maximum atomic E-state index is 12.8. The van der Waals surface area contributed by atoms with Gasteiger partial charge < -0.3 is 9.80 Å². The second-order valence-corrected chi connectivity index (χ2v) is 5.87. The summed E-state index contributed by atoms with van der Waals surface area (Å²) in [6.07, 6.45) is 4.47.